The average Bonchev–Trinajstić information content (AvgIpc) is 2.76. The second-order valence-corrected chi connectivity index (χ2v) is 7.58. The molecule has 0 spiro atoms. The Balaban J connectivity index is 4.05. The van der Waals surface area contributed by atoms with Crippen LogP contribution in [0.2, 0.25) is 0 Å². The summed E-state index contributed by atoms with van der Waals surface area (Å²) in [5.41, 5.74) is 0. The molecule has 6 unspecified atom stereocenters. The van der Waals surface area contributed by atoms with E-state index in [1.165, 1.54) is 13.8 Å². The summed E-state index contributed by atoms with van der Waals surface area (Å²) in [4.78, 5) is 33.0. The van der Waals surface area contributed by atoms with Gasteiger partial charge in [-0.15, -0.1) is 0 Å². The van der Waals surface area contributed by atoms with Crippen LogP contribution < -0.4 is 0 Å². The maximum atomic E-state index is 11.9. The molecule has 10 nitrogen and oxygen atoms in total. The highest BCUT2D eigenvalue weighted by Crippen LogP contribution is 2.04. The number of ether oxygens (including phenoxy) is 6. The van der Waals surface area contributed by atoms with Crippen LogP contribution in [-0.4, -0.2) is 88.2 Å². The van der Waals surface area contributed by atoms with Crippen LogP contribution in [0.5, 0.6) is 0 Å². The molecule has 0 bridgehead atoms. The Labute approximate surface area is 192 Å². The van der Waals surface area contributed by atoms with Crippen LogP contribution in [0.1, 0.15) is 55.4 Å². The molecule has 0 aliphatic heterocycles. The quantitative estimate of drug-likeness (QED) is 0.221. The van der Waals surface area contributed by atoms with Gasteiger partial charge >= 0.3 is 11.9 Å². The first-order chi connectivity index (χ1) is 15.1. The van der Waals surface area contributed by atoms with E-state index in [9.17, 15) is 9.59 Å². The van der Waals surface area contributed by atoms with Gasteiger partial charge in [-0.3, -0.25) is 0 Å². The Morgan fingerprint density at radius 2 is 0.781 bits per heavy atom. The van der Waals surface area contributed by atoms with E-state index < -0.39 is 24.1 Å². The van der Waals surface area contributed by atoms with Gasteiger partial charge in [-0.2, -0.15) is 0 Å². The predicted octanol–water partition coefficient (Wildman–Crippen LogP) is 2.46. The summed E-state index contributed by atoms with van der Waals surface area (Å²) in [6.07, 6.45) is -2.41. The second kappa shape index (κ2) is 18.2. The number of hydrogen-bond donors (Lipinski definition) is 0. The van der Waals surface area contributed by atoms with Gasteiger partial charge in [-0.05, 0) is 55.4 Å². The summed E-state index contributed by atoms with van der Waals surface area (Å²) >= 11 is 0. The van der Waals surface area contributed by atoms with Crippen molar-refractivity contribution < 1.29 is 47.8 Å². The van der Waals surface area contributed by atoms with Crippen LogP contribution in [-0.2, 0) is 47.8 Å². The lowest BCUT2D eigenvalue weighted by molar-refractivity contribution is -0.271. The minimum atomic E-state index is -0.935. The molecular weight excluding hydrogens is 424 g/mol. The van der Waals surface area contributed by atoms with Crippen molar-refractivity contribution in [2.24, 2.45) is 0 Å². The van der Waals surface area contributed by atoms with Crippen LogP contribution in [0.4, 0.5) is 0 Å². The van der Waals surface area contributed by atoms with Crippen LogP contribution in [0.15, 0.2) is 0 Å². The third-order valence-electron chi connectivity index (χ3n) is 4.16. The van der Waals surface area contributed by atoms with E-state index in [-0.39, 0.29) is 37.6 Å². The molecule has 0 fully saturated rings. The normalized spacial score (nSPS) is 17.1. The smallest absolute Gasteiger partial charge is 0.376 e. The highest BCUT2D eigenvalue weighted by Gasteiger charge is 2.23. The highest BCUT2D eigenvalue weighted by atomic mass is 17.2. The van der Waals surface area contributed by atoms with Gasteiger partial charge in [0.25, 0.3) is 0 Å². The molecule has 0 radical (unpaired) electrons. The molecule has 0 aromatic heterocycles. The van der Waals surface area contributed by atoms with E-state index in [0.29, 0.717) is 26.4 Å². The Bertz CT molecular complexity index is 457. The maximum absolute atomic E-state index is 11.9. The molecule has 6 atom stereocenters. The molecule has 0 aliphatic rings. The van der Waals surface area contributed by atoms with Crippen LogP contribution in [0, 0.1) is 0 Å². The standard InChI is InChI=1S/C22H42O10/c1-9-25-15(3)11-27-17(5)13-29-19(7)21(23)31-32-22(24)20(8)30-14-18(6)28-12-16(4)26-10-2/h15-20H,9-14H2,1-8H3. The zero-order valence-corrected chi connectivity index (χ0v) is 20.8. The Kier molecular flexibility index (Phi) is 17.4. The summed E-state index contributed by atoms with van der Waals surface area (Å²) in [6.45, 7) is 16.7. The summed E-state index contributed by atoms with van der Waals surface area (Å²) in [6, 6.07) is 0. The molecule has 0 aromatic carbocycles. The zero-order chi connectivity index (χ0) is 24.5. The van der Waals surface area contributed by atoms with Crippen molar-refractivity contribution in [1.29, 1.82) is 0 Å². The molecular formula is C22H42O10. The average molecular weight is 467 g/mol. The van der Waals surface area contributed by atoms with Gasteiger partial charge in [0.1, 0.15) is 0 Å². The molecule has 0 saturated carbocycles. The van der Waals surface area contributed by atoms with Crippen LogP contribution >= 0.6 is 0 Å². The molecule has 0 N–H and O–H groups in total. The van der Waals surface area contributed by atoms with Crippen LogP contribution in [0.25, 0.3) is 0 Å². The number of carbonyl (C=O) groups is 2. The molecule has 190 valence electrons. The van der Waals surface area contributed by atoms with E-state index in [4.69, 9.17) is 28.4 Å². The zero-order valence-electron chi connectivity index (χ0n) is 20.8. The molecule has 0 heterocycles. The fraction of sp³-hybridized carbons (Fsp3) is 0.909. The number of carbonyl (C=O) groups excluding carboxylic acids is 2. The first-order valence-electron chi connectivity index (χ1n) is 11.2. The summed E-state index contributed by atoms with van der Waals surface area (Å²) in [7, 11) is 0. The van der Waals surface area contributed by atoms with E-state index in [0.717, 1.165) is 0 Å². The van der Waals surface area contributed by atoms with Crippen molar-refractivity contribution >= 4 is 11.9 Å². The molecule has 10 heteroatoms. The minimum absolute atomic E-state index is 0.0263. The van der Waals surface area contributed by atoms with Gasteiger partial charge in [0.2, 0.25) is 0 Å². The number of hydrogen-bond acceptors (Lipinski definition) is 10. The molecule has 0 saturated heterocycles. The van der Waals surface area contributed by atoms with Crippen molar-refractivity contribution in [3.8, 4) is 0 Å². The third-order valence-corrected chi connectivity index (χ3v) is 4.16. The number of rotatable bonds is 18. The highest BCUT2D eigenvalue weighted by molar-refractivity contribution is 5.77. The fourth-order valence-corrected chi connectivity index (χ4v) is 2.27. The summed E-state index contributed by atoms with van der Waals surface area (Å²) < 4.78 is 32.7. The summed E-state index contributed by atoms with van der Waals surface area (Å²) in [5.74, 6) is -1.66. The first kappa shape index (κ1) is 30.7. The first-order valence-corrected chi connectivity index (χ1v) is 11.2. The van der Waals surface area contributed by atoms with E-state index in [2.05, 4.69) is 9.78 Å². The molecule has 0 aliphatic carbocycles. The minimum Gasteiger partial charge on any atom is -0.376 e. The second-order valence-electron chi connectivity index (χ2n) is 7.58. The van der Waals surface area contributed by atoms with Gasteiger partial charge in [-0.1, -0.05) is 0 Å². The molecule has 0 rings (SSSR count). The van der Waals surface area contributed by atoms with Crippen molar-refractivity contribution in [2.75, 3.05) is 39.6 Å². The van der Waals surface area contributed by atoms with E-state index in [1.54, 1.807) is 0 Å². The largest absolute Gasteiger partial charge is 0.383 e. The third kappa shape index (κ3) is 15.5. The van der Waals surface area contributed by atoms with Crippen molar-refractivity contribution in [1.82, 2.24) is 0 Å². The Hall–Kier alpha value is -1.30. The summed E-state index contributed by atoms with van der Waals surface area (Å²) in [5, 5.41) is 0. The Morgan fingerprint density at radius 1 is 0.500 bits per heavy atom. The SMILES string of the molecule is CCOC(C)COC(C)COC(C)C(=O)OOC(=O)C(C)OCC(C)OCC(C)OCC. The lowest BCUT2D eigenvalue weighted by atomic mass is 10.3. The fourth-order valence-electron chi connectivity index (χ4n) is 2.27. The van der Waals surface area contributed by atoms with Gasteiger partial charge in [0.05, 0.1) is 50.8 Å². The van der Waals surface area contributed by atoms with Crippen LogP contribution in [0.3, 0.4) is 0 Å². The molecule has 32 heavy (non-hydrogen) atoms. The van der Waals surface area contributed by atoms with Gasteiger partial charge in [0.15, 0.2) is 12.2 Å². The van der Waals surface area contributed by atoms with E-state index >= 15 is 0 Å². The lowest BCUT2D eigenvalue weighted by Gasteiger charge is -2.19. The van der Waals surface area contributed by atoms with Gasteiger partial charge in [0, 0.05) is 13.2 Å². The predicted molar refractivity (Wildman–Crippen MR) is 116 cm³/mol. The topological polar surface area (TPSA) is 108 Å². The van der Waals surface area contributed by atoms with Gasteiger partial charge < -0.3 is 28.4 Å². The monoisotopic (exact) mass is 466 g/mol. The van der Waals surface area contributed by atoms with E-state index in [1.807, 2.05) is 41.5 Å². The lowest BCUT2D eigenvalue weighted by Crippen LogP contribution is -2.32. The Morgan fingerprint density at radius 3 is 1.09 bits per heavy atom. The van der Waals surface area contributed by atoms with Gasteiger partial charge in [-0.25, -0.2) is 19.4 Å². The maximum Gasteiger partial charge on any atom is 0.383 e. The molecule has 0 amide bonds. The van der Waals surface area contributed by atoms with Crippen molar-refractivity contribution in [2.45, 2.75) is 92.0 Å². The van der Waals surface area contributed by atoms with Crippen molar-refractivity contribution in [3.63, 3.8) is 0 Å². The van der Waals surface area contributed by atoms with Crippen molar-refractivity contribution in [3.05, 3.63) is 0 Å². The molecule has 0 aromatic rings.